The monoisotopic (exact) mass is 314 g/mol. The largest absolute Gasteiger partial charge is 0.461 e. The lowest BCUT2D eigenvalue weighted by atomic mass is 10.1. The maximum absolute atomic E-state index is 6.10. The second kappa shape index (κ2) is 6.73. The molecule has 112 valence electrons. The number of para-hydroxylation sites is 1. The first-order valence-electron chi connectivity index (χ1n) is 6.92. The molecule has 0 saturated heterocycles. The summed E-state index contributed by atoms with van der Waals surface area (Å²) in [5.41, 5.74) is 2.57. The summed E-state index contributed by atoms with van der Waals surface area (Å²) in [5, 5.41) is 1.63. The van der Waals surface area contributed by atoms with Gasteiger partial charge in [-0.1, -0.05) is 41.9 Å². The zero-order chi connectivity index (χ0) is 15.4. The summed E-state index contributed by atoms with van der Waals surface area (Å²) in [4.78, 5) is 8.97. The fourth-order valence-electron chi connectivity index (χ4n) is 2.19. The molecule has 0 aliphatic carbocycles. The van der Waals surface area contributed by atoms with E-state index in [9.17, 15) is 0 Å². The summed E-state index contributed by atoms with van der Waals surface area (Å²) >= 11 is 6.10. The number of nitrogens with zero attached hydrogens (tertiary/aromatic N) is 2. The van der Waals surface area contributed by atoms with Crippen molar-refractivity contribution in [2.75, 3.05) is 20.3 Å². The Bertz CT molecular complexity index is 792. The van der Waals surface area contributed by atoms with Gasteiger partial charge in [0.05, 0.1) is 17.8 Å². The van der Waals surface area contributed by atoms with Crippen molar-refractivity contribution < 1.29 is 9.47 Å². The smallest absolute Gasteiger partial charge is 0.317 e. The molecule has 0 amide bonds. The number of hydrogen-bond donors (Lipinski definition) is 0. The van der Waals surface area contributed by atoms with Crippen molar-refractivity contribution in [2.24, 2.45) is 0 Å². The molecule has 1 aromatic heterocycles. The topological polar surface area (TPSA) is 44.2 Å². The Balaban J connectivity index is 2.10. The lowest BCUT2D eigenvalue weighted by Crippen LogP contribution is -2.07. The van der Waals surface area contributed by atoms with Crippen LogP contribution in [0.2, 0.25) is 5.02 Å². The molecule has 1 heterocycles. The van der Waals surface area contributed by atoms with Crippen LogP contribution in [-0.2, 0) is 4.74 Å². The molecule has 0 radical (unpaired) electrons. The van der Waals surface area contributed by atoms with Crippen molar-refractivity contribution in [1.29, 1.82) is 0 Å². The van der Waals surface area contributed by atoms with Crippen molar-refractivity contribution in [3.8, 4) is 17.3 Å². The van der Waals surface area contributed by atoms with E-state index < -0.39 is 0 Å². The van der Waals surface area contributed by atoms with Gasteiger partial charge < -0.3 is 9.47 Å². The third-order valence-electron chi connectivity index (χ3n) is 3.20. The van der Waals surface area contributed by atoms with E-state index in [-0.39, 0.29) is 0 Å². The lowest BCUT2D eigenvalue weighted by Gasteiger charge is -2.10. The Hall–Kier alpha value is -2.17. The summed E-state index contributed by atoms with van der Waals surface area (Å²) in [5.74, 6) is 0. The highest BCUT2D eigenvalue weighted by Crippen LogP contribution is 2.29. The maximum Gasteiger partial charge on any atom is 0.317 e. The molecule has 4 nitrogen and oxygen atoms in total. The standard InChI is InChI=1S/C17H15ClN2O2/c1-21-9-10-22-17-19-15-8-3-2-7-14(15)16(20-17)12-5-4-6-13(18)11-12/h2-8,11H,9-10H2,1H3. The average Bonchev–Trinajstić information content (AvgIpc) is 2.54. The molecule has 0 bridgehead atoms. The van der Waals surface area contributed by atoms with E-state index in [1.165, 1.54) is 0 Å². The number of hydrogen-bond acceptors (Lipinski definition) is 4. The van der Waals surface area contributed by atoms with E-state index in [0.29, 0.717) is 24.2 Å². The van der Waals surface area contributed by atoms with Gasteiger partial charge in [0.25, 0.3) is 0 Å². The molecular formula is C17H15ClN2O2. The molecule has 3 rings (SSSR count). The van der Waals surface area contributed by atoms with Crippen LogP contribution in [0.15, 0.2) is 48.5 Å². The third kappa shape index (κ3) is 3.18. The van der Waals surface area contributed by atoms with Crippen molar-refractivity contribution in [1.82, 2.24) is 9.97 Å². The summed E-state index contributed by atoms with van der Waals surface area (Å²) in [6, 6.07) is 15.8. The van der Waals surface area contributed by atoms with Crippen LogP contribution >= 0.6 is 11.6 Å². The molecule has 2 aromatic carbocycles. The Morgan fingerprint density at radius 3 is 2.68 bits per heavy atom. The molecule has 0 fully saturated rings. The highest BCUT2D eigenvalue weighted by molar-refractivity contribution is 6.30. The maximum atomic E-state index is 6.10. The van der Waals surface area contributed by atoms with E-state index >= 15 is 0 Å². The van der Waals surface area contributed by atoms with Gasteiger partial charge in [-0.2, -0.15) is 9.97 Å². The van der Waals surface area contributed by atoms with Crippen LogP contribution in [0.3, 0.4) is 0 Å². The fraction of sp³-hybridized carbons (Fsp3) is 0.176. The van der Waals surface area contributed by atoms with E-state index in [0.717, 1.165) is 22.2 Å². The summed E-state index contributed by atoms with van der Waals surface area (Å²) in [6.07, 6.45) is 0. The van der Waals surface area contributed by atoms with Crippen LogP contribution in [0, 0.1) is 0 Å². The van der Waals surface area contributed by atoms with Crippen LogP contribution in [0.25, 0.3) is 22.2 Å². The van der Waals surface area contributed by atoms with Gasteiger partial charge >= 0.3 is 6.01 Å². The fourth-order valence-corrected chi connectivity index (χ4v) is 2.38. The van der Waals surface area contributed by atoms with Gasteiger partial charge in [-0.15, -0.1) is 0 Å². The molecule has 5 heteroatoms. The van der Waals surface area contributed by atoms with Crippen LogP contribution < -0.4 is 4.74 Å². The highest BCUT2D eigenvalue weighted by atomic mass is 35.5. The second-order valence-electron chi connectivity index (χ2n) is 4.72. The van der Waals surface area contributed by atoms with Crippen LogP contribution in [0.4, 0.5) is 0 Å². The summed E-state index contributed by atoms with van der Waals surface area (Å²) in [6.45, 7) is 0.895. The molecule has 0 spiro atoms. The molecule has 0 atom stereocenters. The first-order chi connectivity index (χ1) is 10.8. The quantitative estimate of drug-likeness (QED) is 0.668. The molecule has 0 unspecified atom stereocenters. The number of aromatic nitrogens is 2. The third-order valence-corrected chi connectivity index (χ3v) is 3.43. The van der Waals surface area contributed by atoms with Gasteiger partial charge in [0.1, 0.15) is 6.61 Å². The Morgan fingerprint density at radius 1 is 1.00 bits per heavy atom. The van der Waals surface area contributed by atoms with E-state index in [2.05, 4.69) is 9.97 Å². The zero-order valence-electron chi connectivity index (χ0n) is 12.1. The molecule has 0 aliphatic heterocycles. The minimum Gasteiger partial charge on any atom is -0.461 e. The van der Waals surface area contributed by atoms with Crippen LogP contribution in [0.5, 0.6) is 6.01 Å². The molecule has 0 N–H and O–H groups in total. The minimum absolute atomic E-state index is 0.339. The van der Waals surface area contributed by atoms with Crippen molar-refractivity contribution in [2.45, 2.75) is 0 Å². The lowest BCUT2D eigenvalue weighted by molar-refractivity contribution is 0.141. The first-order valence-corrected chi connectivity index (χ1v) is 7.30. The van der Waals surface area contributed by atoms with Gasteiger partial charge in [-0.25, -0.2) is 0 Å². The normalized spacial score (nSPS) is 10.8. The van der Waals surface area contributed by atoms with Gasteiger partial charge in [-0.3, -0.25) is 0 Å². The van der Waals surface area contributed by atoms with Crippen molar-refractivity contribution >= 4 is 22.5 Å². The SMILES string of the molecule is COCCOc1nc(-c2cccc(Cl)c2)c2ccccc2n1. The Kier molecular flexibility index (Phi) is 4.51. The summed E-state index contributed by atoms with van der Waals surface area (Å²) in [7, 11) is 1.63. The highest BCUT2D eigenvalue weighted by Gasteiger charge is 2.10. The number of rotatable bonds is 5. The Labute approximate surface area is 133 Å². The number of ether oxygens (including phenoxy) is 2. The molecule has 3 aromatic rings. The second-order valence-corrected chi connectivity index (χ2v) is 5.16. The van der Waals surface area contributed by atoms with Crippen LogP contribution in [-0.4, -0.2) is 30.3 Å². The minimum atomic E-state index is 0.339. The molecule has 0 saturated carbocycles. The zero-order valence-corrected chi connectivity index (χ0v) is 12.9. The van der Waals surface area contributed by atoms with E-state index in [1.807, 2.05) is 48.5 Å². The first kappa shape index (κ1) is 14.8. The number of benzene rings is 2. The van der Waals surface area contributed by atoms with Crippen LogP contribution in [0.1, 0.15) is 0 Å². The molecule has 22 heavy (non-hydrogen) atoms. The van der Waals surface area contributed by atoms with E-state index in [4.69, 9.17) is 21.1 Å². The summed E-state index contributed by atoms with van der Waals surface area (Å²) < 4.78 is 10.6. The van der Waals surface area contributed by atoms with E-state index in [1.54, 1.807) is 7.11 Å². The number of fused-ring (bicyclic) bond motifs is 1. The molecule has 0 aliphatic rings. The predicted molar refractivity (Wildman–Crippen MR) is 87.4 cm³/mol. The predicted octanol–water partition coefficient (Wildman–Crippen LogP) is 3.98. The van der Waals surface area contributed by atoms with Gasteiger partial charge in [0.15, 0.2) is 0 Å². The average molecular weight is 315 g/mol. The Morgan fingerprint density at radius 2 is 1.86 bits per heavy atom. The van der Waals surface area contributed by atoms with Gasteiger partial charge in [-0.05, 0) is 18.2 Å². The van der Waals surface area contributed by atoms with Gasteiger partial charge in [0.2, 0.25) is 0 Å². The molecular weight excluding hydrogens is 300 g/mol. The number of halogens is 1. The number of methoxy groups -OCH3 is 1. The van der Waals surface area contributed by atoms with Crippen molar-refractivity contribution in [3.05, 3.63) is 53.6 Å². The van der Waals surface area contributed by atoms with Crippen molar-refractivity contribution in [3.63, 3.8) is 0 Å². The van der Waals surface area contributed by atoms with Gasteiger partial charge in [0, 0.05) is 23.1 Å².